The van der Waals surface area contributed by atoms with E-state index in [0.717, 1.165) is 21.8 Å². The molecule has 0 fully saturated rings. The normalized spacial score (nSPS) is 10.3. The number of anilines is 2. The molecule has 0 aliphatic rings. The van der Waals surface area contributed by atoms with E-state index in [4.69, 9.17) is 0 Å². The number of thiazole rings is 1. The lowest BCUT2D eigenvalue weighted by atomic mass is 10.1. The summed E-state index contributed by atoms with van der Waals surface area (Å²) in [7, 11) is 0. The molecule has 23 heavy (non-hydrogen) atoms. The fourth-order valence-corrected chi connectivity index (χ4v) is 2.71. The molecular weight excluding hydrogens is 310 g/mol. The maximum atomic E-state index is 12.2. The molecule has 1 aromatic carbocycles. The average molecular weight is 325 g/mol. The summed E-state index contributed by atoms with van der Waals surface area (Å²) in [5.74, 6) is 0.400. The van der Waals surface area contributed by atoms with Crippen LogP contribution in [0.25, 0.3) is 10.6 Å². The minimum Gasteiger partial charge on any atom is -0.307 e. The number of aryl methyl sites for hydroxylation is 2. The van der Waals surface area contributed by atoms with Gasteiger partial charge in [0.25, 0.3) is 0 Å². The molecule has 0 saturated carbocycles. The van der Waals surface area contributed by atoms with E-state index in [2.05, 4.69) is 25.6 Å². The Morgan fingerprint density at radius 2 is 1.96 bits per heavy atom. The van der Waals surface area contributed by atoms with Crippen molar-refractivity contribution in [2.45, 2.75) is 13.8 Å². The van der Waals surface area contributed by atoms with Crippen molar-refractivity contribution >= 4 is 28.9 Å². The third-order valence-electron chi connectivity index (χ3n) is 3.11. The maximum Gasteiger partial charge on any atom is 0.324 e. The van der Waals surface area contributed by atoms with Crippen LogP contribution in [0.4, 0.5) is 16.3 Å². The Kier molecular flexibility index (Phi) is 4.29. The molecule has 0 spiro atoms. The number of hydrogen-bond acceptors (Lipinski definition) is 5. The van der Waals surface area contributed by atoms with E-state index in [1.807, 2.05) is 37.4 Å². The number of hydrogen-bond donors (Lipinski definition) is 2. The first-order chi connectivity index (χ1) is 11.1. The molecular formula is C16H15N5OS. The average Bonchev–Trinajstić information content (AvgIpc) is 3.04. The van der Waals surface area contributed by atoms with Crippen molar-refractivity contribution in [2.75, 3.05) is 10.6 Å². The molecule has 0 saturated heterocycles. The molecule has 0 unspecified atom stereocenters. The molecule has 2 heterocycles. The van der Waals surface area contributed by atoms with E-state index in [0.29, 0.717) is 11.5 Å². The van der Waals surface area contributed by atoms with Gasteiger partial charge in [0.1, 0.15) is 5.01 Å². The third-order valence-corrected chi connectivity index (χ3v) is 3.91. The van der Waals surface area contributed by atoms with E-state index in [9.17, 15) is 4.79 Å². The molecule has 116 valence electrons. The molecule has 3 aromatic rings. The zero-order chi connectivity index (χ0) is 16.2. The number of urea groups is 1. The topological polar surface area (TPSA) is 79.8 Å². The third kappa shape index (κ3) is 3.70. The smallest absolute Gasteiger partial charge is 0.307 e. The SMILES string of the molecule is Cc1ccc(-c2nccs2)c(NC(=O)Nc2cnc(C)cn2)c1. The van der Waals surface area contributed by atoms with Gasteiger partial charge in [-0.2, -0.15) is 0 Å². The number of aromatic nitrogens is 3. The van der Waals surface area contributed by atoms with Crippen LogP contribution in [0.3, 0.4) is 0 Å². The molecule has 6 nitrogen and oxygen atoms in total. The van der Waals surface area contributed by atoms with Crippen LogP contribution < -0.4 is 10.6 Å². The van der Waals surface area contributed by atoms with Gasteiger partial charge in [-0.25, -0.2) is 14.8 Å². The zero-order valence-electron chi connectivity index (χ0n) is 12.7. The summed E-state index contributed by atoms with van der Waals surface area (Å²) in [6.07, 6.45) is 4.86. The van der Waals surface area contributed by atoms with Gasteiger partial charge in [0.05, 0.1) is 23.8 Å². The number of benzene rings is 1. The summed E-state index contributed by atoms with van der Waals surface area (Å²) in [6, 6.07) is 5.49. The standard InChI is InChI=1S/C16H15N5OS/c1-10-3-4-12(15-17-5-6-23-15)13(7-10)20-16(22)21-14-9-18-11(2)8-19-14/h3-9H,1-2H3,(H2,19,20,21,22). The molecule has 2 amide bonds. The predicted octanol–water partition coefficient (Wildman–Crippen LogP) is 3.86. The quantitative estimate of drug-likeness (QED) is 0.766. The van der Waals surface area contributed by atoms with Crippen LogP contribution in [0, 0.1) is 13.8 Å². The molecule has 0 aliphatic heterocycles. The molecule has 0 bridgehead atoms. The molecule has 0 radical (unpaired) electrons. The Bertz CT molecular complexity index is 815. The summed E-state index contributed by atoms with van der Waals surface area (Å²) in [5, 5.41) is 8.28. The van der Waals surface area contributed by atoms with Crippen LogP contribution in [0.15, 0.2) is 42.2 Å². The highest BCUT2D eigenvalue weighted by Crippen LogP contribution is 2.30. The van der Waals surface area contributed by atoms with Crippen molar-refractivity contribution in [3.63, 3.8) is 0 Å². The summed E-state index contributed by atoms with van der Waals surface area (Å²) in [4.78, 5) is 24.7. The van der Waals surface area contributed by atoms with Gasteiger partial charge in [-0.15, -0.1) is 11.3 Å². The van der Waals surface area contributed by atoms with E-state index in [1.54, 1.807) is 12.4 Å². The molecule has 2 aromatic heterocycles. The Balaban J connectivity index is 1.80. The van der Waals surface area contributed by atoms with Crippen LogP contribution in [0.5, 0.6) is 0 Å². The largest absolute Gasteiger partial charge is 0.324 e. The number of nitrogens with zero attached hydrogens (tertiary/aromatic N) is 3. The fraction of sp³-hybridized carbons (Fsp3) is 0.125. The Morgan fingerprint density at radius 3 is 2.65 bits per heavy atom. The molecule has 3 rings (SSSR count). The molecule has 0 aliphatic carbocycles. The summed E-state index contributed by atoms with van der Waals surface area (Å²) < 4.78 is 0. The second-order valence-electron chi connectivity index (χ2n) is 5.01. The molecule has 7 heteroatoms. The fourth-order valence-electron chi connectivity index (χ4n) is 2.03. The van der Waals surface area contributed by atoms with Crippen LogP contribution >= 0.6 is 11.3 Å². The Labute approximate surface area is 137 Å². The van der Waals surface area contributed by atoms with Crippen molar-refractivity contribution in [3.05, 3.63) is 53.4 Å². The van der Waals surface area contributed by atoms with E-state index in [1.165, 1.54) is 17.5 Å². The number of nitrogens with one attached hydrogen (secondary N) is 2. The second kappa shape index (κ2) is 6.53. The van der Waals surface area contributed by atoms with E-state index >= 15 is 0 Å². The lowest BCUT2D eigenvalue weighted by Gasteiger charge is -2.11. The lowest BCUT2D eigenvalue weighted by molar-refractivity contribution is 0.262. The maximum absolute atomic E-state index is 12.2. The van der Waals surface area contributed by atoms with Gasteiger partial charge >= 0.3 is 6.03 Å². The number of amides is 2. The summed E-state index contributed by atoms with van der Waals surface area (Å²) >= 11 is 1.52. The first-order valence-corrected chi connectivity index (χ1v) is 7.87. The van der Waals surface area contributed by atoms with Crippen LogP contribution in [-0.4, -0.2) is 21.0 Å². The van der Waals surface area contributed by atoms with Crippen LogP contribution in [0.1, 0.15) is 11.3 Å². The molecule has 2 N–H and O–H groups in total. The highest BCUT2D eigenvalue weighted by atomic mass is 32.1. The van der Waals surface area contributed by atoms with E-state index < -0.39 is 0 Å². The Morgan fingerprint density at radius 1 is 1.09 bits per heavy atom. The van der Waals surface area contributed by atoms with Gasteiger partial charge < -0.3 is 5.32 Å². The van der Waals surface area contributed by atoms with Crippen molar-refractivity contribution in [2.24, 2.45) is 0 Å². The minimum absolute atomic E-state index is 0.369. The van der Waals surface area contributed by atoms with Gasteiger partial charge in [-0.3, -0.25) is 10.3 Å². The van der Waals surface area contributed by atoms with Crippen molar-refractivity contribution < 1.29 is 4.79 Å². The van der Waals surface area contributed by atoms with Gasteiger partial charge in [0.15, 0.2) is 5.82 Å². The van der Waals surface area contributed by atoms with Crippen LogP contribution in [-0.2, 0) is 0 Å². The highest BCUT2D eigenvalue weighted by Gasteiger charge is 2.11. The van der Waals surface area contributed by atoms with Gasteiger partial charge in [-0.1, -0.05) is 6.07 Å². The number of carbonyl (C=O) groups excluding carboxylic acids is 1. The lowest BCUT2D eigenvalue weighted by Crippen LogP contribution is -2.20. The van der Waals surface area contributed by atoms with Crippen molar-refractivity contribution in [3.8, 4) is 10.6 Å². The highest BCUT2D eigenvalue weighted by molar-refractivity contribution is 7.13. The van der Waals surface area contributed by atoms with Gasteiger partial charge in [0.2, 0.25) is 0 Å². The van der Waals surface area contributed by atoms with Crippen LogP contribution in [0.2, 0.25) is 0 Å². The molecule has 0 atom stereocenters. The summed E-state index contributed by atoms with van der Waals surface area (Å²) in [6.45, 7) is 3.81. The zero-order valence-corrected chi connectivity index (χ0v) is 13.5. The summed E-state index contributed by atoms with van der Waals surface area (Å²) in [5.41, 5.74) is 3.43. The number of rotatable bonds is 3. The minimum atomic E-state index is -0.369. The monoisotopic (exact) mass is 325 g/mol. The van der Waals surface area contributed by atoms with E-state index in [-0.39, 0.29) is 6.03 Å². The Hall–Kier alpha value is -2.80. The van der Waals surface area contributed by atoms with Crippen molar-refractivity contribution in [1.29, 1.82) is 0 Å². The number of carbonyl (C=O) groups is 1. The van der Waals surface area contributed by atoms with Gasteiger partial charge in [0, 0.05) is 17.1 Å². The van der Waals surface area contributed by atoms with Crippen molar-refractivity contribution in [1.82, 2.24) is 15.0 Å². The first kappa shape index (κ1) is 15.1. The first-order valence-electron chi connectivity index (χ1n) is 6.99. The predicted molar refractivity (Wildman–Crippen MR) is 91.7 cm³/mol. The second-order valence-corrected chi connectivity index (χ2v) is 5.90. The van der Waals surface area contributed by atoms with Gasteiger partial charge in [-0.05, 0) is 31.5 Å².